The largest absolute Gasteiger partial charge is 0.350 e. The van der Waals surface area contributed by atoms with Crippen molar-refractivity contribution in [3.05, 3.63) is 47.0 Å². The molecule has 1 aliphatic rings. The number of amides is 1. The molecule has 104 valence electrons. The van der Waals surface area contributed by atoms with Gasteiger partial charge in [0.1, 0.15) is 0 Å². The third kappa shape index (κ3) is 2.87. The van der Waals surface area contributed by atoms with Crippen LogP contribution in [0.5, 0.6) is 0 Å². The van der Waals surface area contributed by atoms with Crippen LogP contribution in [0.3, 0.4) is 0 Å². The number of H-pyrrole nitrogens is 1. The molecule has 0 saturated heterocycles. The lowest BCUT2D eigenvalue weighted by atomic mass is 10.1. The van der Waals surface area contributed by atoms with Crippen molar-refractivity contribution >= 4 is 5.91 Å². The van der Waals surface area contributed by atoms with Gasteiger partial charge in [-0.15, -0.1) is 0 Å². The number of aromatic amines is 1. The predicted molar refractivity (Wildman–Crippen MR) is 75.0 cm³/mol. The van der Waals surface area contributed by atoms with E-state index >= 15 is 0 Å². The molecule has 2 N–H and O–H groups in total. The molecular weight excluding hydrogens is 252 g/mol. The third-order valence-corrected chi connectivity index (χ3v) is 3.71. The number of hydrogen-bond acceptors (Lipinski definition) is 3. The van der Waals surface area contributed by atoms with Gasteiger partial charge in [-0.3, -0.25) is 14.9 Å². The molecule has 1 amide bonds. The van der Waals surface area contributed by atoms with Crippen LogP contribution in [-0.2, 0) is 30.6 Å². The molecule has 5 nitrogen and oxygen atoms in total. The maximum atomic E-state index is 11.8. The molecule has 2 heterocycles. The molecule has 20 heavy (non-hydrogen) atoms. The Balaban J connectivity index is 1.47. The Bertz CT molecular complexity index is 591. The lowest BCUT2D eigenvalue weighted by molar-refractivity contribution is -0.121. The highest BCUT2D eigenvalue weighted by atomic mass is 16.1. The summed E-state index contributed by atoms with van der Waals surface area (Å²) in [4.78, 5) is 15.9. The van der Waals surface area contributed by atoms with Gasteiger partial charge >= 0.3 is 0 Å². The van der Waals surface area contributed by atoms with Gasteiger partial charge in [-0.1, -0.05) is 6.07 Å². The monoisotopic (exact) mass is 270 g/mol. The van der Waals surface area contributed by atoms with Gasteiger partial charge in [-0.25, -0.2) is 0 Å². The second kappa shape index (κ2) is 5.86. The van der Waals surface area contributed by atoms with Gasteiger partial charge in [0.15, 0.2) is 0 Å². The lowest BCUT2D eigenvalue weighted by Crippen LogP contribution is -2.23. The summed E-state index contributed by atoms with van der Waals surface area (Å²) in [7, 11) is 0. The van der Waals surface area contributed by atoms with Crippen LogP contribution in [0.15, 0.2) is 24.5 Å². The number of pyridine rings is 1. The maximum absolute atomic E-state index is 11.8. The highest BCUT2D eigenvalue weighted by Gasteiger charge is 2.18. The molecule has 0 spiro atoms. The van der Waals surface area contributed by atoms with Crippen LogP contribution in [0.2, 0.25) is 0 Å². The Hall–Kier alpha value is -2.17. The topological polar surface area (TPSA) is 70.7 Å². The molecule has 0 aliphatic heterocycles. The Morgan fingerprint density at radius 3 is 3.20 bits per heavy atom. The van der Waals surface area contributed by atoms with Crippen LogP contribution in [0.1, 0.15) is 35.4 Å². The smallest absolute Gasteiger partial charge is 0.220 e. The molecule has 1 aliphatic carbocycles. The number of rotatable bonds is 5. The molecule has 0 saturated carbocycles. The SMILES string of the molecule is O=C(CCc1cccnc1)NCc1n[nH]c2c1CCC2. The van der Waals surface area contributed by atoms with Gasteiger partial charge in [-0.2, -0.15) is 5.10 Å². The first kappa shape index (κ1) is 12.8. The van der Waals surface area contributed by atoms with E-state index in [1.54, 1.807) is 12.4 Å². The number of nitrogens with one attached hydrogen (secondary N) is 2. The Kier molecular flexibility index (Phi) is 3.76. The molecular formula is C15H18N4O. The van der Waals surface area contributed by atoms with E-state index < -0.39 is 0 Å². The van der Waals surface area contributed by atoms with Crippen molar-refractivity contribution < 1.29 is 4.79 Å². The molecule has 2 aromatic rings. The van der Waals surface area contributed by atoms with Crippen molar-refractivity contribution in [2.24, 2.45) is 0 Å². The van der Waals surface area contributed by atoms with Crippen molar-refractivity contribution in [2.45, 2.75) is 38.6 Å². The number of carbonyl (C=O) groups excluding carboxylic acids is 1. The second-order valence-corrected chi connectivity index (χ2v) is 5.12. The number of aryl methyl sites for hydroxylation is 2. The molecule has 0 bridgehead atoms. The first-order valence-electron chi connectivity index (χ1n) is 7.03. The standard InChI is InChI=1S/C15H18N4O/c20-15(7-6-11-3-2-8-16-9-11)17-10-14-12-4-1-5-13(12)18-19-14/h2-3,8-9H,1,4-7,10H2,(H,17,20)(H,18,19). The third-order valence-electron chi connectivity index (χ3n) is 3.71. The van der Waals surface area contributed by atoms with Crippen LogP contribution in [0.25, 0.3) is 0 Å². The normalized spacial score (nSPS) is 13.2. The minimum Gasteiger partial charge on any atom is -0.350 e. The predicted octanol–water partition coefficient (Wildman–Crippen LogP) is 1.54. The minimum atomic E-state index is 0.0589. The number of nitrogens with zero attached hydrogens (tertiary/aromatic N) is 2. The quantitative estimate of drug-likeness (QED) is 0.865. The average molecular weight is 270 g/mol. The fraction of sp³-hybridized carbons (Fsp3) is 0.400. The summed E-state index contributed by atoms with van der Waals surface area (Å²) in [6, 6.07) is 3.88. The van der Waals surface area contributed by atoms with Crippen LogP contribution >= 0.6 is 0 Å². The van der Waals surface area contributed by atoms with E-state index in [0.29, 0.717) is 13.0 Å². The number of fused-ring (bicyclic) bond motifs is 1. The molecule has 3 rings (SSSR count). The van der Waals surface area contributed by atoms with Gasteiger partial charge < -0.3 is 5.32 Å². The van der Waals surface area contributed by atoms with Crippen molar-refractivity contribution in [3.63, 3.8) is 0 Å². The number of hydrogen-bond donors (Lipinski definition) is 2. The summed E-state index contributed by atoms with van der Waals surface area (Å²) < 4.78 is 0. The van der Waals surface area contributed by atoms with Gasteiger partial charge in [0, 0.05) is 24.5 Å². The highest BCUT2D eigenvalue weighted by Crippen LogP contribution is 2.22. The summed E-state index contributed by atoms with van der Waals surface area (Å²) in [5.41, 5.74) is 4.62. The summed E-state index contributed by atoms with van der Waals surface area (Å²) in [6.07, 6.45) is 8.09. The van der Waals surface area contributed by atoms with E-state index in [1.165, 1.54) is 17.7 Å². The van der Waals surface area contributed by atoms with Crippen LogP contribution < -0.4 is 5.32 Å². The average Bonchev–Trinajstić information content (AvgIpc) is 3.07. The summed E-state index contributed by atoms with van der Waals surface area (Å²) >= 11 is 0. The molecule has 0 unspecified atom stereocenters. The van der Waals surface area contributed by atoms with Crippen molar-refractivity contribution in [3.8, 4) is 0 Å². The number of aromatic nitrogens is 3. The number of carbonyl (C=O) groups is 1. The van der Waals surface area contributed by atoms with Crippen molar-refractivity contribution in [1.82, 2.24) is 20.5 Å². The molecule has 0 atom stereocenters. The van der Waals surface area contributed by atoms with E-state index in [1.807, 2.05) is 12.1 Å². The van der Waals surface area contributed by atoms with E-state index in [-0.39, 0.29) is 5.91 Å². The van der Waals surface area contributed by atoms with Crippen molar-refractivity contribution in [2.75, 3.05) is 0 Å². The summed E-state index contributed by atoms with van der Waals surface area (Å²) in [6.45, 7) is 0.526. The Labute approximate surface area is 117 Å². The van der Waals surface area contributed by atoms with Crippen LogP contribution in [-0.4, -0.2) is 21.1 Å². The van der Waals surface area contributed by atoms with Gasteiger partial charge in [0.25, 0.3) is 0 Å². The first-order valence-corrected chi connectivity index (χ1v) is 7.03. The van der Waals surface area contributed by atoms with Gasteiger partial charge in [0.05, 0.1) is 12.2 Å². The van der Waals surface area contributed by atoms with E-state index in [9.17, 15) is 4.79 Å². The zero-order valence-electron chi connectivity index (χ0n) is 11.4. The van der Waals surface area contributed by atoms with Gasteiger partial charge in [0.2, 0.25) is 5.91 Å². The molecule has 0 radical (unpaired) electrons. The zero-order valence-corrected chi connectivity index (χ0v) is 11.4. The molecule has 0 aromatic carbocycles. The maximum Gasteiger partial charge on any atom is 0.220 e. The van der Waals surface area contributed by atoms with Gasteiger partial charge in [-0.05, 0) is 42.9 Å². The minimum absolute atomic E-state index is 0.0589. The zero-order chi connectivity index (χ0) is 13.8. The lowest BCUT2D eigenvalue weighted by Gasteiger charge is -2.04. The highest BCUT2D eigenvalue weighted by molar-refractivity contribution is 5.76. The van der Waals surface area contributed by atoms with E-state index in [4.69, 9.17) is 0 Å². The molecule has 2 aromatic heterocycles. The molecule has 0 fully saturated rings. The Morgan fingerprint density at radius 2 is 2.35 bits per heavy atom. The fourth-order valence-electron chi connectivity index (χ4n) is 2.61. The van der Waals surface area contributed by atoms with Crippen LogP contribution in [0.4, 0.5) is 0 Å². The second-order valence-electron chi connectivity index (χ2n) is 5.12. The van der Waals surface area contributed by atoms with E-state index in [0.717, 1.165) is 30.5 Å². The summed E-state index contributed by atoms with van der Waals surface area (Å²) in [5.74, 6) is 0.0589. The molecule has 5 heteroatoms. The van der Waals surface area contributed by atoms with Crippen molar-refractivity contribution in [1.29, 1.82) is 0 Å². The summed E-state index contributed by atoms with van der Waals surface area (Å²) in [5, 5.41) is 10.3. The van der Waals surface area contributed by atoms with E-state index in [2.05, 4.69) is 20.5 Å². The Morgan fingerprint density at radius 1 is 1.40 bits per heavy atom. The van der Waals surface area contributed by atoms with Crippen LogP contribution in [0, 0.1) is 0 Å². The first-order chi connectivity index (χ1) is 9.83. The fourth-order valence-corrected chi connectivity index (χ4v) is 2.61.